The van der Waals surface area contributed by atoms with E-state index in [1.807, 2.05) is 39.0 Å². The molecule has 2 aromatic heterocycles. The zero-order chi connectivity index (χ0) is 15.5. The fraction of sp³-hybridized carbons (Fsp3) is 0.250. The first kappa shape index (κ1) is 14.2. The second kappa shape index (κ2) is 5.93. The Morgan fingerprint density at radius 3 is 2.45 bits per heavy atom. The normalized spacial score (nSPS) is 10.7. The summed E-state index contributed by atoms with van der Waals surface area (Å²) in [4.78, 5) is 13.0. The van der Waals surface area contributed by atoms with Crippen LogP contribution in [-0.4, -0.2) is 24.7 Å². The summed E-state index contributed by atoms with van der Waals surface area (Å²) in [6, 6.07) is 8.05. The Bertz CT molecular complexity index is 756. The highest BCUT2D eigenvalue weighted by Gasteiger charge is 2.07. The summed E-state index contributed by atoms with van der Waals surface area (Å²) in [6.07, 6.45) is 3.22. The van der Waals surface area contributed by atoms with Crippen molar-refractivity contribution in [3.63, 3.8) is 0 Å². The SMILES string of the molecule is Cc1nc(NCc2ccccc2-n2cncn2)nc(C)c1C. The summed E-state index contributed by atoms with van der Waals surface area (Å²) in [7, 11) is 0. The van der Waals surface area contributed by atoms with Gasteiger partial charge < -0.3 is 5.32 Å². The van der Waals surface area contributed by atoms with E-state index in [0.717, 1.165) is 28.2 Å². The van der Waals surface area contributed by atoms with Gasteiger partial charge in [0.1, 0.15) is 12.7 Å². The van der Waals surface area contributed by atoms with Crippen LogP contribution < -0.4 is 5.32 Å². The van der Waals surface area contributed by atoms with Crippen LogP contribution in [0.4, 0.5) is 5.95 Å². The van der Waals surface area contributed by atoms with Gasteiger partial charge in [0.2, 0.25) is 5.95 Å². The molecule has 112 valence electrons. The molecule has 0 aliphatic heterocycles. The van der Waals surface area contributed by atoms with Gasteiger partial charge in [-0.2, -0.15) is 5.10 Å². The van der Waals surface area contributed by atoms with Crippen LogP contribution >= 0.6 is 0 Å². The molecular formula is C16H18N6. The minimum absolute atomic E-state index is 0.623. The first-order valence-corrected chi connectivity index (χ1v) is 7.14. The summed E-state index contributed by atoms with van der Waals surface area (Å²) in [5.74, 6) is 0.647. The number of hydrogen-bond acceptors (Lipinski definition) is 5. The highest BCUT2D eigenvalue weighted by Crippen LogP contribution is 2.15. The third-order valence-corrected chi connectivity index (χ3v) is 3.73. The maximum absolute atomic E-state index is 4.48. The molecule has 0 amide bonds. The van der Waals surface area contributed by atoms with Crippen molar-refractivity contribution in [3.05, 3.63) is 59.4 Å². The van der Waals surface area contributed by atoms with Gasteiger partial charge in [-0.05, 0) is 38.0 Å². The van der Waals surface area contributed by atoms with Crippen molar-refractivity contribution >= 4 is 5.95 Å². The summed E-state index contributed by atoms with van der Waals surface area (Å²) in [6.45, 7) is 6.66. The molecule has 0 saturated carbocycles. The molecule has 0 aliphatic rings. The smallest absolute Gasteiger partial charge is 0.223 e. The van der Waals surface area contributed by atoms with Crippen LogP contribution in [0.3, 0.4) is 0 Å². The molecule has 2 heterocycles. The van der Waals surface area contributed by atoms with Gasteiger partial charge in [-0.15, -0.1) is 0 Å². The van der Waals surface area contributed by atoms with Crippen molar-refractivity contribution < 1.29 is 0 Å². The van der Waals surface area contributed by atoms with Crippen LogP contribution in [0, 0.1) is 20.8 Å². The van der Waals surface area contributed by atoms with E-state index in [0.29, 0.717) is 12.5 Å². The lowest BCUT2D eigenvalue weighted by atomic mass is 10.2. The van der Waals surface area contributed by atoms with E-state index in [1.54, 1.807) is 11.0 Å². The summed E-state index contributed by atoms with van der Waals surface area (Å²) in [5, 5.41) is 7.48. The second-order valence-corrected chi connectivity index (χ2v) is 5.17. The van der Waals surface area contributed by atoms with Crippen molar-refractivity contribution in [2.45, 2.75) is 27.3 Å². The Morgan fingerprint density at radius 2 is 1.77 bits per heavy atom. The van der Waals surface area contributed by atoms with Crippen LogP contribution in [0.15, 0.2) is 36.9 Å². The Morgan fingerprint density at radius 1 is 1.05 bits per heavy atom. The summed E-state index contributed by atoms with van der Waals surface area (Å²) in [5.41, 5.74) is 5.23. The lowest BCUT2D eigenvalue weighted by Gasteiger charge is -2.12. The Balaban J connectivity index is 1.83. The monoisotopic (exact) mass is 294 g/mol. The van der Waals surface area contributed by atoms with Crippen molar-refractivity contribution in [2.75, 3.05) is 5.32 Å². The summed E-state index contributed by atoms with van der Waals surface area (Å²) >= 11 is 0. The predicted molar refractivity (Wildman–Crippen MR) is 84.9 cm³/mol. The zero-order valence-corrected chi connectivity index (χ0v) is 12.9. The van der Waals surface area contributed by atoms with E-state index in [1.165, 1.54) is 6.33 Å². The van der Waals surface area contributed by atoms with Gasteiger partial charge in [0.15, 0.2) is 0 Å². The average molecular weight is 294 g/mol. The molecular weight excluding hydrogens is 276 g/mol. The van der Waals surface area contributed by atoms with E-state index in [-0.39, 0.29) is 0 Å². The molecule has 0 saturated heterocycles. The van der Waals surface area contributed by atoms with Gasteiger partial charge in [-0.3, -0.25) is 0 Å². The maximum Gasteiger partial charge on any atom is 0.223 e. The van der Waals surface area contributed by atoms with Gasteiger partial charge in [0, 0.05) is 17.9 Å². The molecule has 22 heavy (non-hydrogen) atoms. The molecule has 0 atom stereocenters. The van der Waals surface area contributed by atoms with Gasteiger partial charge in [0.25, 0.3) is 0 Å². The molecule has 1 aromatic carbocycles. The standard InChI is InChI=1S/C16H18N6/c1-11-12(2)20-16(21-13(11)3)18-8-14-6-4-5-7-15(14)22-10-17-9-19-22/h4-7,9-10H,8H2,1-3H3,(H,18,20,21). The molecule has 3 aromatic rings. The largest absolute Gasteiger partial charge is 0.350 e. The number of aromatic nitrogens is 5. The molecule has 0 fully saturated rings. The first-order chi connectivity index (χ1) is 10.6. The van der Waals surface area contributed by atoms with Crippen molar-refractivity contribution in [1.82, 2.24) is 24.7 Å². The molecule has 0 aliphatic carbocycles. The van der Waals surface area contributed by atoms with Crippen LogP contribution in [0.25, 0.3) is 5.69 Å². The topological polar surface area (TPSA) is 68.5 Å². The lowest BCUT2D eigenvalue weighted by Crippen LogP contribution is -2.09. The minimum Gasteiger partial charge on any atom is -0.350 e. The highest BCUT2D eigenvalue weighted by atomic mass is 15.3. The number of rotatable bonds is 4. The van der Waals surface area contributed by atoms with Gasteiger partial charge >= 0.3 is 0 Å². The number of benzene rings is 1. The van der Waals surface area contributed by atoms with E-state index in [4.69, 9.17) is 0 Å². The molecule has 1 N–H and O–H groups in total. The highest BCUT2D eigenvalue weighted by molar-refractivity contribution is 5.42. The number of nitrogens with zero attached hydrogens (tertiary/aromatic N) is 5. The predicted octanol–water partition coefficient (Wildman–Crippen LogP) is 2.59. The van der Waals surface area contributed by atoms with Crippen molar-refractivity contribution in [1.29, 1.82) is 0 Å². The number of hydrogen-bond donors (Lipinski definition) is 1. The first-order valence-electron chi connectivity index (χ1n) is 7.14. The van der Waals surface area contributed by atoms with E-state index >= 15 is 0 Å². The van der Waals surface area contributed by atoms with E-state index < -0.39 is 0 Å². The molecule has 6 heteroatoms. The van der Waals surface area contributed by atoms with Crippen molar-refractivity contribution in [2.24, 2.45) is 0 Å². The number of para-hydroxylation sites is 1. The third kappa shape index (κ3) is 2.81. The lowest BCUT2D eigenvalue weighted by molar-refractivity contribution is 0.860. The number of aryl methyl sites for hydroxylation is 2. The molecule has 0 radical (unpaired) electrons. The molecule has 0 spiro atoms. The van der Waals surface area contributed by atoms with Crippen molar-refractivity contribution in [3.8, 4) is 5.69 Å². The van der Waals surface area contributed by atoms with Crippen LogP contribution in [-0.2, 0) is 6.54 Å². The molecule has 0 bridgehead atoms. The van der Waals surface area contributed by atoms with E-state index in [9.17, 15) is 0 Å². The quantitative estimate of drug-likeness (QED) is 0.801. The Hall–Kier alpha value is -2.76. The minimum atomic E-state index is 0.623. The van der Waals surface area contributed by atoms with Gasteiger partial charge in [0.05, 0.1) is 5.69 Å². The molecule has 0 unspecified atom stereocenters. The van der Waals surface area contributed by atoms with Crippen LogP contribution in [0.5, 0.6) is 0 Å². The summed E-state index contributed by atoms with van der Waals surface area (Å²) < 4.78 is 1.75. The van der Waals surface area contributed by atoms with Gasteiger partial charge in [-0.25, -0.2) is 19.6 Å². The van der Waals surface area contributed by atoms with E-state index in [2.05, 4.69) is 31.4 Å². The zero-order valence-electron chi connectivity index (χ0n) is 12.9. The van der Waals surface area contributed by atoms with Crippen LogP contribution in [0.1, 0.15) is 22.5 Å². The average Bonchev–Trinajstić information content (AvgIpc) is 3.05. The Kier molecular flexibility index (Phi) is 3.82. The maximum atomic E-state index is 4.48. The Labute approximate surface area is 129 Å². The molecule has 3 rings (SSSR count). The fourth-order valence-corrected chi connectivity index (χ4v) is 2.24. The van der Waals surface area contributed by atoms with Crippen LogP contribution in [0.2, 0.25) is 0 Å². The number of anilines is 1. The second-order valence-electron chi connectivity index (χ2n) is 5.17. The number of nitrogens with one attached hydrogen (secondary N) is 1. The van der Waals surface area contributed by atoms with Gasteiger partial charge in [-0.1, -0.05) is 18.2 Å². The fourth-order valence-electron chi connectivity index (χ4n) is 2.24. The molecule has 6 nitrogen and oxygen atoms in total. The third-order valence-electron chi connectivity index (χ3n) is 3.73.